The Morgan fingerprint density at radius 2 is 2.15 bits per heavy atom. The van der Waals surface area contributed by atoms with Crippen molar-refractivity contribution < 1.29 is 9.53 Å². The highest BCUT2D eigenvalue weighted by Crippen LogP contribution is 2.26. The smallest absolute Gasteiger partial charge is 0.260 e. The maximum absolute atomic E-state index is 11.8. The molecule has 20 heavy (non-hydrogen) atoms. The first kappa shape index (κ1) is 16.3. The normalized spacial score (nSPS) is 11.8. The molecule has 1 N–H and O–H groups in total. The third-order valence-electron chi connectivity index (χ3n) is 2.75. The van der Waals surface area contributed by atoms with Crippen molar-refractivity contribution in [3.05, 3.63) is 28.8 Å². The molecule has 1 rings (SSSR count). The third kappa shape index (κ3) is 5.10. The molecule has 0 radical (unpaired) electrons. The highest BCUT2D eigenvalue weighted by molar-refractivity contribution is 6.32. The molecule has 0 saturated carbocycles. The molecule has 0 aliphatic heterocycles. The third-order valence-corrected chi connectivity index (χ3v) is 3.05. The summed E-state index contributed by atoms with van der Waals surface area (Å²) < 4.78 is 5.51. The Morgan fingerprint density at radius 1 is 1.45 bits per heavy atom. The lowest BCUT2D eigenvalue weighted by atomic mass is 10.1. The number of nitrogens with one attached hydrogen (secondary N) is 1. The summed E-state index contributed by atoms with van der Waals surface area (Å²) in [5.74, 6) is 0.766. The highest BCUT2D eigenvalue weighted by atomic mass is 35.5. The first-order valence-corrected chi connectivity index (χ1v) is 6.96. The molecule has 0 spiro atoms. The van der Waals surface area contributed by atoms with Crippen LogP contribution in [0.3, 0.4) is 0 Å². The number of carbonyl (C=O) groups excluding carboxylic acids is 1. The van der Waals surface area contributed by atoms with E-state index in [4.69, 9.17) is 21.6 Å². The maximum atomic E-state index is 11.8. The van der Waals surface area contributed by atoms with Gasteiger partial charge in [-0.1, -0.05) is 25.4 Å². The predicted molar refractivity (Wildman–Crippen MR) is 78.7 cm³/mol. The zero-order valence-electron chi connectivity index (χ0n) is 11.9. The minimum absolute atomic E-state index is 0.175. The number of hydrogen-bond donors (Lipinski definition) is 1. The number of nitriles is 1. The van der Waals surface area contributed by atoms with Crippen LogP contribution in [0.2, 0.25) is 5.02 Å². The lowest BCUT2D eigenvalue weighted by Gasteiger charge is -2.16. The Balaban J connectivity index is 2.55. The van der Waals surface area contributed by atoms with Gasteiger partial charge in [0.05, 0.1) is 16.7 Å². The second-order valence-electron chi connectivity index (χ2n) is 4.99. The molecule has 0 bridgehead atoms. The molecule has 4 nitrogen and oxygen atoms in total. The molecule has 0 aliphatic carbocycles. The number of hydrogen-bond acceptors (Lipinski definition) is 3. The fourth-order valence-corrected chi connectivity index (χ4v) is 1.76. The van der Waals surface area contributed by atoms with Crippen LogP contribution < -0.4 is 10.1 Å². The Bertz CT molecular complexity index is 509. The maximum Gasteiger partial charge on any atom is 0.260 e. The number of carbonyl (C=O) groups is 1. The minimum atomic E-state index is -0.632. The van der Waals surface area contributed by atoms with E-state index in [0.29, 0.717) is 28.8 Å². The zero-order chi connectivity index (χ0) is 15.1. The van der Waals surface area contributed by atoms with Crippen LogP contribution >= 0.6 is 11.6 Å². The Hall–Kier alpha value is -1.73. The van der Waals surface area contributed by atoms with Gasteiger partial charge >= 0.3 is 0 Å². The van der Waals surface area contributed by atoms with E-state index in [2.05, 4.69) is 19.2 Å². The minimum Gasteiger partial charge on any atom is -0.479 e. The lowest BCUT2D eigenvalue weighted by molar-refractivity contribution is -0.127. The van der Waals surface area contributed by atoms with E-state index in [-0.39, 0.29) is 5.91 Å². The molecule has 108 valence electrons. The Morgan fingerprint density at radius 3 is 2.70 bits per heavy atom. The van der Waals surface area contributed by atoms with Crippen molar-refractivity contribution >= 4 is 17.5 Å². The number of ether oxygens (including phenoxy) is 1. The average Bonchev–Trinajstić information content (AvgIpc) is 2.40. The van der Waals surface area contributed by atoms with Gasteiger partial charge in [-0.05, 0) is 37.5 Å². The highest BCUT2D eigenvalue weighted by Gasteiger charge is 2.15. The van der Waals surface area contributed by atoms with Crippen molar-refractivity contribution in [2.24, 2.45) is 5.92 Å². The fourth-order valence-electron chi connectivity index (χ4n) is 1.54. The predicted octanol–water partition coefficient (Wildman–Crippen LogP) is 3.14. The van der Waals surface area contributed by atoms with Gasteiger partial charge in [0.25, 0.3) is 5.91 Å². The Labute approximate surface area is 124 Å². The molecular weight excluding hydrogens is 276 g/mol. The summed E-state index contributed by atoms with van der Waals surface area (Å²) in [5.41, 5.74) is 0.455. The van der Waals surface area contributed by atoms with Gasteiger partial charge in [-0.15, -0.1) is 0 Å². The largest absolute Gasteiger partial charge is 0.479 e. The van der Waals surface area contributed by atoms with E-state index < -0.39 is 6.10 Å². The van der Waals surface area contributed by atoms with Crippen LogP contribution in [0.25, 0.3) is 0 Å². The van der Waals surface area contributed by atoms with Crippen molar-refractivity contribution in [3.8, 4) is 11.8 Å². The monoisotopic (exact) mass is 294 g/mol. The molecule has 0 heterocycles. The number of benzene rings is 1. The van der Waals surface area contributed by atoms with Gasteiger partial charge in [0.1, 0.15) is 5.75 Å². The molecule has 5 heteroatoms. The van der Waals surface area contributed by atoms with Crippen LogP contribution in [0.15, 0.2) is 18.2 Å². The van der Waals surface area contributed by atoms with Gasteiger partial charge in [0.2, 0.25) is 0 Å². The molecule has 0 aliphatic rings. The van der Waals surface area contributed by atoms with Crippen LogP contribution in [-0.4, -0.2) is 18.6 Å². The summed E-state index contributed by atoms with van der Waals surface area (Å²) in [6.45, 7) is 6.50. The van der Waals surface area contributed by atoms with Gasteiger partial charge in [-0.25, -0.2) is 0 Å². The topological polar surface area (TPSA) is 62.1 Å². The van der Waals surface area contributed by atoms with Crippen molar-refractivity contribution in [2.45, 2.75) is 33.3 Å². The summed E-state index contributed by atoms with van der Waals surface area (Å²) in [6, 6.07) is 6.70. The fraction of sp³-hybridized carbons (Fsp3) is 0.467. The van der Waals surface area contributed by atoms with Crippen LogP contribution in [0.1, 0.15) is 32.8 Å². The van der Waals surface area contributed by atoms with E-state index in [9.17, 15) is 4.79 Å². The lowest BCUT2D eigenvalue weighted by Crippen LogP contribution is -2.37. The van der Waals surface area contributed by atoms with E-state index in [1.165, 1.54) is 6.07 Å². The number of halogens is 1. The molecule has 0 fully saturated rings. The van der Waals surface area contributed by atoms with Gasteiger partial charge < -0.3 is 10.1 Å². The van der Waals surface area contributed by atoms with E-state index in [1.807, 2.05) is 6.07 Å². The van der Waals surface area contributed by atoms with Gasteiger partial charge in [0, 0.05) is 6.54 Å². The van der Waals surface area contributed by atoms with Gasteiger partial charge in [-0.3, -0.25) is 4.79 Å². The van der Waals surface area contributed by atoms with Crippen molar-refractivity contribution in [3.63, 3.8) is 0 Å². The van der Waals surface area contributed by atoms with Crippen LogP contribution in [0.5, 0.6) is 5.75 Å². The summed E-state index contributed by atoms with van der Waals surface area (Å²) in [4.78, 5) is 11.8. The summed E-state index contributed by atoms with van der Waals surface area (Å²) in [6.07, 6.45) is 0.295. The number of rotatable bonds is 6. The molecule has 1 unspecified atom stereocenters. The van der Waals surface area contributed by atoms with Gasteiger partial charge in [-0.2, -0.15) is 5.26 Å². The van der Waals surface area contributed by atoms with Crippen molar-refractivity contribution in [2.75, 3.05) is 6.54 Å². The summed E-state index contributed by atoms with van der Waals surface area (Å²) in [5, 5.41) is 11.9. The first-order valence-electron chi connectivity index (χ1n) is 6.58. The summed E-state index contributed by atoms with van der Waals surface area (Å²) >= 11 is 6.00. The average molecular weight is 295 g/mol. The number of nitrogens with zero attached hydrogens (tertiary/aromatic N) is 1. The summed E-state index contributed by atoms with van der Waals surface area (Å²) in [7, 11) is 0. The van der Waals surface area contributed by atoms with E-state index in [1.54, 1.807) is 19.1 Å². The Kier molecular flexibility index (Phi) is 6.33. The standard InChI is InChI=1S/C15H19ClN2O2/c1-10(2)6-7-18-15(19)11(3)20-14-5-4-12(9-17)8-13(14)16/h4-5,8,10-11H,6-7H2,1-3H3,(H,18,19). The van der Waals surface area contributed by atoms with Crippen molar-refractivity contribution in [1.82, 2.24) is 5.32 Å². The molecular formula is C15H19ClN2O2. The van der Waals surface area contributed by atoms with Crippen LogP contribution in [0, 0.1) is 17.2 Å². The van der Waals surface area contributed by atoms with Crippen molar-refractivity contribution in [1.29, 1.82) is 5.26 Å². The second-order valence-corrected chi connectivity index (χ2v) is 5.40. The molecule has 1 atom stereocenters. The zero-order valence-corrected chi connectivity index (χ0v) is 12.7. The molecule has 1 aromatic carbocycles. The quantitative estimate of drug-likeness (QED) is 0.876. The SMILES string of the molecule is CC(C)CCNC(=O)C(C)Oc1ccc(C#N)cc1Cl. The molecule has 1 amide bonds. The van der Waals surface area contributed by atoms with Crippen LogP contribution in [0.4, 0.5) is 0 Å². The van der Waals surface area contributed by atoms with Crippen LogP contribution in [-0.2, 0) is 4.79 Å². The second kappa shape index (κ2) is 7.76. The molecule has 1 aromatic rings. The van der Waals surface area contributed by atoms with Gasteiger partial charge in [0.15, 0.2) is 6.10 Å². The number of amides is 1. The molecule has 0 aromatic heterocycles. The first-order chi connectivity index (χ1) is 9.43. The van der Waals surface area contributed by atoms with E-state index >= 15 is 0 Å². The molecule has 0 saturated heterocycles. The van der Waals surface area contributed by atoms with E-state index in [0.717, 1.165) is 6.42 Å².